The minimum Gasteiger partial charge on any atom is -0.393 e. The number of rotatable bonds is 2. The average Bonchev–Trinajstić information content (AvgIpc) is 2.29. The fraction of sp³-hybridized carbons (Fsp3) is 1.00. The number of hydrogen-bond acceptors (Lipinski definition) is 1. The lowest BCUT2D eigenvalue weighted by molar-refractivity contribution is 0.0943. The smallest absolute Gasteiger partial charge is 0.0565 e. The fourth-order valence-electron chi connectivity index (χ4n) is 2.23. The van der Waals surface area contributed by atoms with Crippen molar-refractivity contribution in [2.24, 2.45) is 11.8 Å². The molecule has 1 fully saturated rings. The van der Waals surface area contributed by atoms with Crippen LogP contribution >= 0.6 is 0 Å². The molecule has 0 aromatic heterocycles. The van der Waals surface area contributed by atoms with Crippen molar-refractivity contribution >= 4 is 0 Å². The van der Waals surface area contributed by atoms with Gasteiger partial charge >= 0.3 is 0 Å². The third-order valence-corrected chi connectivity index (χ3v) is 3.26. The van der Waals surface area contributed by atoms with Gasteiger partial charge in [0.1, 0.15) is 0 Å². The molecule has 1 nitrogen and oxygen atoms in total. The first kappa shape index (κ1) is 10.0. The number of hydrogen-bond donors (Lipinski definition) is 1. The molecule has 72 valence electrons. The van der Waals surface area contributed by atoms with Crippen LogP contribution < -0.4 is 0 Å². The summed E-state index contributed by atoms with van der Waals surface area (Å²) >= 11 is 0. The number of aliphatic hydroxyl groups is 1. The summed E-state index contributed by atoms with van der Waals surface area (Å²) in [6, 6.07) is 0. The van der Waals surface area contributed by atoms with Gasteiger partial charge in [-0.2, -0.15) is 0 Å². The Bertz CT molecular complexity index is 122. The lowest BCUT2D eigenvalue weighted by atomic mass is 9.92. The molecule has 1 aliphatic rings. The second-order valence-corrected chi connectivity index (χ2v) is 4.35. The van der Waals surface area contributed by atoms with Gasteiger partial charge in [0, 0.05) is 0 Å². The van der Waals surface area contributed by atoms with E-state index in [-0.39, 0.29) is 6.10 Å². The topological polar surface area (TPSA) is 20.2 Å². The van der Waals surface area contributed by atoms with E-state index in [1.807, 2.05) is 0 Å². The van der Waals surface area contributed by atoms with E-state index in [2.05, 4.69) is 13.8 Å². The maximum atomic E-state index is 9.69. The molecule has 1 saturated carbocycles. The normalized spacial score (nSPS) is 34.2. The van der Waals surface area contributed by atoms with Crippen molar-refractivity contribution < 1.29 is 5.11 Å². The fourth-order valence-corrected chi connectivity index (χ4v) is 2.23. The van der Waals surface area contributed by atoms with Crippen LogP contribution in [0.2, 0.25) is 0 Å². The van der Waals surface area contributed by atoms with Crippen LogP contribution in [0.5, 0.6) is 0 Å². The molecule has 1 rings (SSSR count). The highest BCUT2D eigenvalue weighted by Gasteiger charge is 2.21. The van der Waals surface area contributed by atoms with Crippen molar-refractivity contribution in [1.82, 2.24) is 0 Å². The van der Waals surface area contributed by atoms with E-state index in [9.17, 15) is 5.11 Å². The maximum absolute atomic E-state index is 9.69. The molecular formula is C11H22O. The second kappa shape index (κ2) is 4.86. The van der Waals surface area contributed by atoms with E-state index in [0.717, 1.165) is 12.3 Å². The first-order valence-electron chi connectivity index (χ1n) is 5.42. The molecule has 3 unspecified atom stereocenters. The molecule has 0 aromatic rings. The van der Waals surface area contributed by atoms with Gasteiger partial charge in [-0.3, -0.25) is 0 Å². The highest BCUT2D eigenvalue weighted by atomic mass is 16.3. The SMILES string of the molecule is CCC(O)C1CCCC(C)CC1. The molecule has 0 radical (unpaired) electrons. The van der Waals surface area contributed by atoms with Crippen LogP contribution in [0, 0.1) is 11.8 Å². The second-order valence-electron chi connectivity index (χ2n) is 4.35. The summed E-state index contributed by atoms with van der Waals surface area (Å²) in [7, 11) is 0. The average molecular weight is 170 g/mol. The molecule has 0 heterocycles. The van der Waals surface area contributed by atoms with Crippen LogP contribution in [0.4, 0.5) is 0 Å². The Morgan fingerprint density at radius 3 is 2.67 bits per heavy atom. The molecule has 3 atom stereocenters. The van der Waals surface area contributed by atoms with Crippen molar-refractivity contribution in [2.75, 3.05) is 0 Å². The van der Waals surface area contributed by atoms with Gasteiger partial charge in [0.25, 0.3) is 0 Å². The van der Waals surface area contributed by atoms with E-state index >= 15 is 0 Å². The van der Waals surface area contributed by atoms with Crippen molar-refractivity contribution in [2.45, 2.75) is 58.5 Å². The molecule has 0 amide bonds. The summed E-state index contributed by atoms with van der Waals surface area (Å²) < 4.78 is 0. The third kappa shape index (κ3) is 2.78. The zero-order valence-electron chi connectivity index (χ0n) is 8.42. The summed E-state index contributed by atoms with van der Waals surface area (Å²) in [6.45, 7) is 4.42. The maximum Gasteiger partial charge on any atom is 0.0565 e. The molecule has 0 bridgehead atoms. The molecule has 12 heavy (non-hydrogen) atoms. The summed E-state index contributed by atoms with van der Waals surface area (Å²) in [5.74, 6) is 1.49. The van der Waals surface area contributed by atoms with Crippen molar-refractivity contribution in [1.29, 1.82) is 0 Å². The highest BCUT2D eigenvalue weighted by molar-refractivity contribution is 4.73. The minimum absolute atomic E-state index is 0.0321. The molecule has 0 aromatic carbocycles. The van der Waals surface area contributed by atoms with Crippen LogP contribution in [-0.4, -0.2) is 11.2 Å². The van der Waals surface area contributed by atoms with Gasteiger partial charge in [0.15, 0.2) is 0 Å². The zero-order chi connectivity index (χ0) is 8.97. The first-order valence-corrected chi connectivity index (χ1v) is 5.42. The van der Waals surface area contributed by atoms with E-state index < -0.39 is 0 Å². The van der Waals surface area contributed by atoms with E-state index in [1.54, 1.807) is 0 Å². The Kier molecular flexibility index (Phi) is 4.07. The summed E-state index contributed by atoms with van der Waals surface area (Å²) in [5.41, 5.74) is 0. The zero-order valence-corrected chi connectivity index (χ0v) is 8.42. The van der Waals surface area contributed by atoms with E-state index in [0.29, 0.717) is 5.92 Å². The largest absolute Gasteiger partial charge is 0.393 e. The van der Waals surface area contributed by atoms with Gasteiger partial charge in [-0.1, -0.05) is 33.1 Å². The molecule has 1 heteroatoms. The third-order valence-electron chi connectivity index (χ3n) is 3.26. The minimum atomic E-state index is -0.0321. The van der Waals surface area contributed by atoms with Crippen molar-refractivity contribution in [3.63, 3.8) is 0 Å². The van der Waals surface area contributed by atoms with Crippen LogP contribution in [0.15, 0.2) is 0 Å². The molecule has 1 N–H and O–H groups in total. The van der Waals surface area contributed by atoms with Gasteiger partial charge in [0.2, 0.25) is 0 Å². The van der Waals surface area contributed by atoms with Crippen LogP contribution in [-0.2, 0) is 0 Å². The molecule has 0 spiro atoms. The Balaban J connectivity index is 2.35. The van der Waals surface area contributed by atoms with E-state index in [1.165, 1.54) is 32.1 Å². The Hall–Kier alpha value is -0.0400. The van der Waals surface area contributed by atoms with Gasteiger partial charge in [-0.25, -0.2) is 0 Å². The van der Waals surface area contributed by atoms with Gasteiger partial charge < -0.3 is 5.11 Å². The van der Waals surface area contributed by atoms with Gasteiger partial charge in [-0.15, -0.1) is 0 Å². The summed E-state index contributed by atoms with van der Waals surface area (Å²) in [4.78, 5) is 0. The molecule has 0 saturated heterocycles. The highest BCUT2D eigenvalue weighted by Crippen LogP contribution is 2.29. The lowest BCUT2D eigenvalue weighted by Gasteiger charge is -2.19. The molecule has 0 aliphatic heterocycles. The van der Waals surface area contributed by atoms with Gasteiger partial charge in [0.05, 0.1) is 6.10 Å². The van der Waals surface area contributed by atoms with Crippen LogP contribution in [0.1, 0.15) is 52.4 Å². The standard InChI is InChI=1S/C11H22O/c1-3-11(12)10-6-4-5-9(2)7-8-10/h9-12H,3-8H2,1-2H3. The van der Waals surface area contributed by atoms with E-state index in [4.69, 9.17) is 0 Å². The van der Waals surface area contributed by atoms with Crippen LogP contribution in [0.25, 0.3) is 0 Å². The first-order chi connectivity index (χ1) is 5.74. The predicted molar refractivity (Wildman–Crippen MR) is 52.0 cm³/mol. The van der Waals surface area contributed by atoms with Gasteiger partial charge in [-0.05, 0) is 31.1 Å². The van der Waals surface area contributed by atoms with Crippen molar-refractivity contribution in [3.05, 3.63) is 0 Å². The summed E-state index contributed by atoms with van der Waals surface area (Å²) in [6.07, 6.45) is 7.40. The Morgan fingerprint density at radius 2 is 2.00 bits per heavy atom. The van der Waals surface area contributed by atoms with Crippen molar-refractivity contribution in [3.8, 4) is 0 Å². The summed E-state index contributed by atoms with van der Waals surface area (Å²) in [5, 5.41) is 9.69. The monoisotopic (exact) mass is 170 g/mol. The quantitative estimate of drug-likeness (QED) is 0.632. The van der Waals surface area contributed by atoms with Crippen LogP contribution in [0.3, 0.4) is 0 Å². The number of aliphatic hydroxyl groups excluding tert-OH is 1. The lowest BCUT2D eigenvalue weighted by Crippen LogP contribution is -2.18. The predicted octanol–water partition coefficient (Wildman–Crippen LogP) is 2.97. The Morgan fingerprint density at radius 1 is 1.25 bits per heavy atom. The molecular weight excluding hydrogens is 148 g/mol. The Labute approximate surface area is 76.2 Å². The molecule has 1 aliphatic carbocycles.